The molecule has 1 aliphatic heterocycles. The van der Waals surface area contributed by atoms with E-state index in [1.54, 1.807) is 0 Å². The second-order valence-electron chi connectivity index (χ2n) is 4.11. The maximum absolute atomic E-state index is 13.1. The maximum Gasteiger partial charge on any atom is 0.282 e. The van der Waals surface area contributed by atoms with E-state index in [1.807, 2.05) is 0 Å². The maximum atomic E-state index is 13.1. The van der Waals surface area contributed by atoms with Gasteiger partial charge in [-0.2, -0.15) is 0 Å². The first-order valence-corrected chi connectivity index (χ1v) is 5.40. The third-order valence-corrected chi connectivity index (χ3v) is 2.84. The molecule has 0 radical (unpaired) electrons. The number of carbonyl (C=O) groups is 1. The highest BCUT2D eigenvalue weighted by atomic mass is 19.1. The van der Waals surface area contributed by atoms with Crippen LogP contribution in [0.25, 0.3) is 0 Å². The van der Waals surface area contributed by atoms with Gasteiger partial charge in [-0.1, -0.05) is 0 Å². The van der Waals surface area contributed by atoms with Gasteiger partial charge in [-0.25, -0.2) is 4.39 Å². The van der Waals surface area contributed by atoms with E-state index in [0.29, 0.717) is 13.0 Å². The molecule has 1 aromatic carbocycles. The van der Waals surface area contributed by atoms with Crippen LogP contribution in [0.15, 0.2) is 18.2 Å². The van der Waals surface area contributed by atoms with Crippen LogP contribution in [0, 0.1) is 15.9 Å². The van der Waals surface area contributed by atoms with E-state index in [2.05, 4.69) is 0 Å². The number of likely N-dealkylation sites (tertiary alicyclic amines) is 1. The molecule has 1 fully saturated rings. The minimum absolute atomic E-state index is 0.118. The summed E-state index contributed by atoms with van der Waals surface area (Å²) in [6.07, 6.45) is -0.198. The van der Waals surface area contributed by atoms with Crippen molar-refractivity contribution in [3.63, 3.8) is 0 Å². The topological polar surface area (TPSA) is 83.7 Å². The van der Waals surface area contributed by atoms with Crippen molar-refractivity contribution in [3.8, 4) is 0 Å². The van der Waals surface area contributed by atoms with Crippen molar-refractivity contribution in [2.24, 2.45) is 0 Å². The van der Waals surface area contributed by atoms with Gasteiger partial charge in [-0.3, -0.25) is 14.9 Å². The number of nitro benzene ring substituents is 1. The van der Waals surface area contributed by atoms with Gasteiger partial charge in [0.25, 0.3) is 11.6 Å². The van der Waals surface area contributed by atoms with Gasteiger partial charge in [0.1, 0.15) is 11.4 Å². The molecule has 18 heavy (non-hydrogen) atoms. The van der Waals surface area contributed by atoms with Crippen LogP contribution in [-0.4, -0.2) is 40.0 Å². The summed E-state index contributed by atoms with van der Waals surface area (Å²) in [5, 5.41) is 20.1. The zero-order valence-corrected chi connectivity index (χ0v) is 9.38. The molecule has 0 aliphatic carbocycles. The van der Waals surface area contributed by atoms with Crippen LogP contribution >= 0.6 is 0 Å². The Hall–Kier alpha value is -2.02. The molecule has 7 heteroatoms. The molecular weight excluding hydrogens is 243 g/mol. The normalized spacial score (nSPS) is 19.0. The predicted octanol–water partition coefficient (Wildman–Crippen LogP) is 0.941. The van der Waals surface area contributed by atoms with Gasteiger partial charge in [0.05, 0.1) is 11.0 Å². The second kappa shape index (κ2) is 4.69. The van der Waals surface area contributed by atoms with Crippen LogP contribution in [0.4, 0.5) is 10.1 Å². The molecule has 1 amide bonds. The number of halogens is 1. The van der Waals surface area contributed by atoms with Crippen molar-refractivity contribution >= 4 is 11.6 Å². The third kappa shape index (κ3) is 2.30. The van der Waals surface area contributed by atoms with Crippen molar-refractivity contribution in [2.45, 2.75) is 12.5 Å². The SMILES string of the molecule is O=C(c1cc(F)ccc1[N+](=O)[O-])N1CC[C@@H](O)C1. The summed E-state index contributed by atoms with van der Waals surface area (Å²) in [6.45, 7) is 0.431. The first kappa shape index (κ1) is 12.4. The molecule has 1 aliphatic rings. The van der Waals surface area contributed by atoms with E-state index in [9.17, 15) is 24.4 Å². The van der Waals surface area contributed by atoms with Gasteiger partial charge < -0.3 is 10.0 Å². The summed E-state index contributed by atoms with van der Waals surface area (Å²) in [5.74, 6) is -1.33. The molecule has 1 saturated heterocycles. The number of hydrogen-bond acceptors (Lipinski definition) is 4. The third-order valence-electron chi connectivity index (χ3n) is 2.84. The molecular formula is C11H11FN2O4. The molecule has 1 aromatic rings. The lowest BCUT2D eigenvalue weighted by Crippen LogP contribution is -2.30. The van der Waals surface area contributed by atoms with Crippen molar-refractivity contribution in [3.05, 3.63) is 39.7 Å². The zero-order valence-electron chi connectivity index (χ0n) is 9.38. The highest BCUT2D eigenvalue weighted by Crippen LogP contribution is 2.23. The van der Waals surface area contributed by atoms with Crippen LogP contribution in [0.5, 0.6) is 0 Å². The lowest BCUT2D eigenvalue weighted by molar-refractivity contribution is -0.385. The molecule has 0 aromatic heterocycles. The van der Waals surface area contributed by atoms with Gasteiger partial charge in [0.2, 0.25) is 0 Å². The molecule has 1 atom stereocenters. The highest BCUT2D eigenvalue weighted by molar-refractivity contribution is 5.98. The van der Waals surface area contributed by atoms with E-state index in [1.165, 1.54) is 4.90 Å². The average molecular weight is 254 g/mol. The number of benzene rings is 1. The summed E-state index contributed by atoms with van der Waals surface area (Å²) < 4.78 is 13.1. The Balaban J connectivity index is 2.34. The number of nitro groups is 1. The standard InChI is InChI=1S/C11H11FN2O4/c12-7-1-2-10(14(17)18)9(5-7)11(16)13-4-3-8(15)6-13/h1-2,5,8,15H,3-4,6H2/t8-/m1/s1. The summed E-state index contributed by atoms with van der Waals surface area (Å²) >= 11 is 0. The largest absolute Gasteiger partial charge is 0.391 e. The number of carbonyl (C=O) groups excluding carboxylic acids is 1. The van der Waals surface area contributed by atoms with Gasteiger partial charge in [0.15, 0.2) is 0 Å². The van der Waals surface area contributed by atoms with Crippen LogP contribution in [0.1, 0.15) is 16.8 Å². The lowest BCUT2D eigenvalue weighted by Gasteiger charge is -2.15. The Morgan fingerprint density at radius 1 is 1.56 bits per heavy atom. The fourth-order valence-corrected chi connectivity index (χ4v) is 1.94. The summed E-state index contributed by atoms with van der Waals surface area (Å²) in [7, 11) is 0. The van der Waals surface area contributed by atoms with E-state index in [0.717, 1.165) is 18.2 Å². The smallest absolute Gasteiger partial charge is 0.282 e. The Bertz CT molecular complexity index is 506. The summed E-state index contributed by atoms with van der Waals surface area (Å²) in [4.78, 5) is 23.4. The zero-order chi connectivity index (χ0) is 13.3. The molecule has 1 N–H and O–H groups in total. The van der Waals surface area contributed by atoms with Gasteiger partial charge in [-0.15, -0.1) is 0 Å². The van der Waals surface area contributed by atoms with E-state index < -0.39 is 28.4 Å². The van der Waals surface area contributed by atoms with Gasteiger partial charge >= 0.3 is 0 Å². The van der Waals surface area contributed by atoms with E-state index in [4.69, 9.17) is 0 Å². The minimum atomic E-state index is -0.723. The van der Waals surface area contributed by atoms with Crippen LogP contribution in [-0.2, 0) is 0 Å². The van der Waals surface area contributed by atoms with Gasteiger partial charge in [0, 0.05) is 19.2 Å². The Morgan fingerprint density at radius 2 is 2.28 bits per heavy atom. The Kier molecular flexibility index (Phi) is 3.24. The molecule has 6 nitrogen and oxygen atoms in total. The lowest BCUT2D eigenvalue weighted by atomic mass is 10.1. The Labute approximate surface area is 102 Å². The first-order valence-electron chi connectivity index (χ1n) is 5.40. The summed E-state index contributed by atoms with van der Waals surface area (Å²) in [5.41, 5.74) is -0.711. The molecule has 0 bridgehead atoms. The van der Waals surface area contributed by atoms with Crippen molar-refractivity contribution < 1.29 is 19.2 Å². The van der Waals surface area contributed by atoms with Crippen molar-refractivity contribution in [1.29, 1.82) is 0 Å². The number of aliphatic hydroxyl groups excluding tert-OH is 1. The average Bonchev–Trinajstić information content (AvgIpc) is 2.74. The molecule has 2 rings (SSSR count). The van der Waals surface area contributed by atoms with Crippen molar-refractivity contribution in [2.75, 3.05) is 13.1 Å². The fourth-order valence-electron chi connectivity index (χ4n) is 1.94. The first-order chi connectivity index (χ1) is 8.49. The molecule has 0 unspecified atom stereocenters. The number of rotatable bonds is 2. The van der Waals surface area contributed by atoms with E-state index >= 15 is 0 Å². The predicted molar refractivity (Wildman–Crippen MR) is 59.6 cm³/mol. The molecule has 1 heterocycles. The number of hydrogen-bond donors (Lipinski definition) is 1. The summed E-state index contributed by atoms with van der Waals surface area (Å²) in [6, 6.07) is 2.76. The van der Waals surface area contributed by atoms with Crippen molar-refractivity contribution in [1.82, 2.24) is 4.90 Å². The van der Waals surface area contributed by atoms with Gasteiger partial charge in [-0.05, 0) is 18.6 Å². The Morgan fingerprint density at radius 3 is 2.83 bits per heavy atom. The minimum Gasteiger partial charge on any atom is -0.391 e. The molecule has 0 saturated carbocycles. The number of aliphatic hydroxyl groups is 1. The number of amides is 1. The highest BCUT2D eigenvalue weighted by Gasteiger charge is 2.30. The monoisotopic (exact) mass is 254 g/mol. The number of nitrogens with zero attached hydrogens (tertiary/aromatic N) is 2. The second-order valence-corrected chi connectivity index (χ2v) is 4.11. The van der Waals surface area contributed by atoms with Crippen LogP contribution in [0.2, 0.25) is 0 Å². The number of β-amino-alcohol motifs (C(OH)–C–C–N with tert-alkyl or cyclic N) is 1. The molecule has 0 spiro atoms. The fraction of sp³-hybridized carbons (Fsp3) is 0.364. The quantitative estimate of drug-likeness (QED) is 0.628. The molecule has 96 valence electrons. The van der Waals surface area contributed by atoms with Crippen LogP contribution in [0.3, 0.4) is 0 Å². The van der Waals surface area contributed by atoms with E-state index in [-0.39, 0.29) is 12.1 Å². The van der Waals surface area contributed by atoms with Crippen LogP contribution < -0.4 is 0 Å².